The summed E-state index contributed by atoms with van der Waals surface area (Å²) in [7, 11) is 0. The first-order valence-corrected chi connectivity index (χ1v) is 6.34. The van der Waals surface area contributed by atoms with Crippen LogP contribution in [0.25, 0.3) is 0 Å². The lowest BCUT2D eigenvalue weighted by atomic mass is 10.1. The van der Waals surface area contributed by atoms with E-state index in [0.29, 0.717) is 5.69 Å². The van der Waals surface area contributed by atoms with Crippen LogP contribution in [0.4, 0.5) is 5.69 Å². The highest BCUT2D eigenvalue weighted by molar-refractivity contribution is 6.44. The minimum atomic E-state index is -1.25. The number of amides is 1. The topological polar surface area (TPSA) is 66.4 Å². The van der Waals surface area contributed by atoms with Crippen molar-refractivity contribution in [2.45, 2.75) is 0 Å². The molecule has 6 heteroatoms. The van der Waals surface area contributed by atoms with Crippen LogP contribution in [0.1, 0.15) is 20.7 Å². The molecular formula is C14H9Cl2NO3. The Hall–Kier alpha value is -2.04. The van der Waals surface area contributed by atoms with Crippen molar-refractivity contribution in [3.05, 3.63) is 63.6 Å². The predicted molar refractivity (Wildman–Crippen MR) is 77.8 cm³/mol. The third-order valence-electron chi connectivity index (χ3n) is 2.58. The predicted octanol–water partition coefficient (Wildman–Crippen LogP) is 3.94. The van der Waals surface area contributed by atoms with Crippen molar-refractivity contribution in [2.75, 3.05) is 5.32 Å². The van der Waals surface area contributed by atoms with Crippen molar-refractivity contribution >= 4 is 40.8 Å². The van der Waals surface area contributed by atoms with Gasteiger partial charge in [-0.1, -0.05) is 41.4 Å². The zero-order chi connectivity index (χ0) is 14.7. The van der Waals surface area contributed by atoms with Crippen LogP contribution in [0.15, 0.2) is 42.5 Å². The van der Waals surface area contributed by atoms with Crippen LogP contribution in [-0.2, 0) is 0 Å². The largest absolute Gasteiger partial charge is 0.478 e. The molecule has 0 aliphatic heterocycles. The molecular weight excluding hydrogens is 301 g/mol. The van der Waals surface area contributed by atoms with Crippen molar-refractivity contribution in [3.8, 4) is 0 Å². The fourth-order valence-electron chi connectivity index (χ4n) is 1.67. The van der Waals surface area contributed by atoms with E-state index >= 15 is 0 Å². The van der Waals surface area contributed by atoms with Gasteiger partial charge in [0.25, 0.3) is 5.91 Å². The molecule has 0 saturated carbocycles. The molecule has 1 amide bonds. The van der Waals surface area contributed by atoms with E-state index < -0.39 is 11.9 Å². The molecule has 2 N–H and O–H groups in total. The molecule has 0 aliphatic rings. The van der Waals surface area contributed by atoms with E-state index in [-0.39, 0.29) is 21.2 Å². The monoisotopic (exact) mass is 309 g/mol. The van der Waals surface area contributed by atoms with Crippen LogP contribution in [0.2, 0.25) is 10.0 Å². The molecule has 102 valence electrons. The van der Waals surface area contributed by atoms with Gasteiger partial charge in [0.2, 0.25) is 0 Å². The molecule has 0 radical (unpaired) electrons. The van der Waals surface area contributed by atoms with Crippen molar-refractivity contribution in [3.63, 3.8) is 0 Å². The van der Waals surface area contributed by atoms with Crippen LogP contribution in [0, 0.1) is 0 Å². The highest BCUT2D eigenvalue weighted by Crippen LogP contribution is 2.29. The van der Waals surface area contributed by atoms with Gasteiger partial charge in [0.1, 0.15) is 0 Å². The van der Waals surface area contributed by atoms with E-state index in [1.807, 2.05) is 0 Å². The zero-order valence-corrected chi connectivity index (χ0v) is 11.6. The number of para-hydroxylation sites is 1. The van der Waals surface area contributed by atoms with E-state index in [1.54, 1.807) is 30.3 Å². The molecule has 0 fully saturated rings. The molecule has 20 heavy (non-hydrogen) atoms. The molecule has 0 saturated heterocycles. The van der Waals surface area contributed by atoms with Gasteiger partial charge in [-0.05, 0) is 24.3 Å². The molecule has 4 nitrogen and oxygen atoms in total. The van der Waals surface area contributed by atoms with Crippen molar-refractivity contribution < 1.29 is 14.7 Å². The normalized spacial score (nSPS) is 10.1. The summed E-state index contributed by atoms with van der Waals surface area (Å²) in [4.78, 5) is 23.4. The summed E-state index contributed by atoms with van der Waals surface area (Å²) in [5.74, 6) is -1.87. The van der Waals surface area contributed by atoms with Crippen molar-refractivity contribution in [1.82, 2.24) is 0 Å². The Kier molecular flexibility index (Phi) is 4.27. The van der Waals surface area contributed by atoms with E-state index in [2.05, 4.69) is 5.32 Å². The van der Waals surface area contributed by atoms with Gasteiger partial charge >= 0.3 is 5.97 Å². The Morgan fingerprint density at radius 1 is 1.00 bits per heavy atom. The second-order valence-corrected chi connectivity index (χ2v) is 4.69. The van der Waals surface area contributed by atoms with E-state index in [9.17, 15) is 9.59 Å². The van der Waals surface area contributed by atoms with Gasteiger partial charge in [0.15, 0.2) is 0 Å². The number of anilines is 1. The van der Waals surface area contributed by atoms with Crippen LogP contribution in [0.5, 0.6) is 0 Å². The number of carbonyl (C=O) groups is 2. The molecule has 2 aromatic rings. The molecule has 0 bridgehead atoms. The van der Waals surface area contributed by atoms with E-state index in [4.69, 9.17) is 28.3 Å². The van der Waals surface area contributed by atoms with E-state index in [1.165, 1.54) is 12.1 Å². The highest BCUT2D eigenvalue weighted by Gasteiger charge is 2.22. The van der Waals surface area contributed by atoms with Gasteiger partial charge in [-0.15, -0.1) is 0 Å². The van der Waals surface area contributed by atoms with Crippen LogP contribution in [0.3, 0.4) is 0 Å². The summed E-state index contributed by atoms with van der Waals surface area (Å²) < 4.78 is 0. The SMILES string of the molecule is O=C(O)c1ccc(Cl)c(Cl)c1C(=O)Nc1ccccc1. The summed E-state index contributed by atoms with van der Waals surface area (Å²) in [6, 6.07) is 11.2. The van der Waals surface area contributed by atoms with Gasteiger partial charge in [-0.3, -0.25) is 4.79 Å². The van der Waals surface area contributed by atoms with Crippen molar-refractivity contribution in [1.29, 1.82) is 0 Å². The third kappa shape index (κ3) is 2.92. The first kappa shape index (κ1) is 14.4. The number of benzene rings is 2. The number of hydrogen-bond acceptors (Lipinski definition) is 2. The molecule has 0 aromatic heterocycles. The lowest BCUT2D eigenvalue weighted by Crippen LogP contribution is -2.17. The quantitative estimate of drug-likeness (QED) is 0.902. The summed E-state index contributed by atoms with van der Waals surface area (Å²) in [6.45, 7) is 0. The summed E-state index contributed by atoms with van der Waals surface area (Å²) >= 11 is 11.8. The molecule has 0 unspecified atom stereocenters. The number of carbonyl (C=O) groups excluding carboxylic acids is 1. The molecule has 2 rings (SSSR count). The first-order valence-electron chi connectivity index (χ1n) is 5.58. The molecule has 0 atom stereocenters. The number of hydrogen-bond donors (Lipinski definition) is 2. The molecule has 2 aromatic carbocycles. The van der Waals surface area contributed by atoms with Crippen LogP contribution < -0.4 is 5.32 Å². The minimum Gasteiger partial charge on any atom is -0.478 e. The minimum absolute atomic E-state index is 0.0833. The fourth-order valence-corrected chi connectivity index (χ4v) is 2.07. The molecule has 0 spiro atoms. The highest BCUT2D eigenvalue weighted by atomic mass is 35.5. The summed E-state index contributed by atoms with van der Waals surface area (Å²) in [5.41, 5.74) is 0.174. The van der Waals surface area contributed by atoms with Crippen LogP contribution >= 0.6 is 23.2 Å². The third-order valence-corrected chi connectivity index (χ3v) is 3.39. The molecule has 0 heterocycles. The smallest absolute Gasteiger partial charge is 0.336 e. The van der Waals surface area contributed by atoms with E-state index in [0.717, 1.165) is 0 Å². The lowest BCUT2D eigenvalue weighted by Gasteiger charge is -2.10. The number of carboxylic acids is 1. The Balaban J connectivity index is 2.43. The number of nitrogens with one attached hydrogen (secondary N) is 1. The Labute approximate surface area is 124 Å². The average molecular weight is 310 g/mol. The number of carboxylic acid groups (broad SMARTS) is 1. The summed E-state index contributed by atoms with van der Waals surface area (Å²) in [5, 5.41) is 11.7. The maximum atomic E-state index is 12.2. The van der Waals surface area contributed by atoms with Gasteiger partial charge in [0, 0.05) is 5.69 Å². The Morgan fingerprint density at radius 3 is 2.25 bits per heavy atom. The second-order valence-electron chi connectivity index (χ2n) is 3.91. The standard InChI is InChI=1S/C14H9Cl2NO3/c15-10-7-6-9(14(19)20)11(12(10)16)13(18)17-8-4-2-1-3-5-8/h1-7H,(H,17,18)(H,19,20). The van der Waals surface area contributed by atoms with Crippen molar-refractivity contribution in [2.24, 2.45) is 0 Å². The summed E-state index contributed by atoms with van der Waals surface area (Å²) in [6.07, 6.45) is 0. The Morgan fingerprint density at radius 2 is 1.65 bits per heavy atom. The number of halogens is 2. The fraction of sp³-hybridized carbons (Fsp3) is 0. The maximum absolute atomic E-state index is 12.2. The van der Waals surface area contributed by atoms with Gasteiger partial charge < -0.3 is 10.4 Å². The second kappa shape index (κ2) is 5.94. The zero-order valence-electron chi connectivity index (χ0n) is 10.1. The number of aromatic carboxylic acids is 1. The number of rotatable bonds is 3. The molecule has 0 aliphatic carbocycles. The van der Waals surface area contributed by atoms with Crippen LogP contribution in [-0.4, -0.2) is 17.0 Å². The average Bonchev–Trinajstić information content (AvgIpc) is 2.42. The first-order chi connectivity index (χ1) is 9.50. The Bertz CT molecular complexity index is 672. The lowest BCUT2D eigenvalue weighted by molar-refractivity contribution is 0.0692. The van der Waals surface area contributed by atoms with Gasteiger partial charge in [-0.2, -0.15) is 0 Å². The van der Waals surface area contributed by atoms with Gasteiger partial charge in [0.05, 0.1) is 21.2 Å². The maximum Gasteiger partial charge on any atom is 0.336 e. The van der Waals surface area contributed by atoms with Gasteiger partial charge in [-0.25, -0.2) is 4.79 Å².